The van der Waals surface area contributed by atoms with Gasteiger partial charge in [-0.3, -0.25) is 0 Å². The minimum atomic E-state index is 0.565. The van der Waals surface area contributed by atoms with Crippen molar-refractivity contribution in [3.05, 3.63) is 6.20 Å². The Morgan fingerprint density at radius 3 is 3.00 bits per heavy atom. The maximum Gasteiger partial charge on any atom is 0.238 e. The average Bonchev–Trinajstić information content (AvgIpc) is 3.04. The fourth-order valence-corrected chi connectivity index (χ4v) is 1.88. The monoisotopic (exact) mass is 263 g/mol. The number of azo groups is 1. The Kier molecular flexibility index (Phi) is 4.88. The van der Waals surface area contributed by atoms with Gasteiger partial charge in [0.1, 0.15) is 11.5 Å². The zero-order chi connectivity index (χ0) is 13.5. The van der Waals surface area contributed by atoms with Crippen LogP contribution in [0.5, 0.6) is 0 Å². The summed E-state index contributed by atoms with van der Waals surface area (Å²) in [6, 6.07) is 0. The van der Waals surface area contributed by atoms with E-state index < -0.39 is 0 Å². The first-order valence-corrected chi connectivity index (χ1v) is 6.82. The first kappa shape index (κ1) is 13.5. The molecule has 0 radical (unpaired) electrons. The van der Waals surface area contributed by atoms with Crippen LogP contribution in [0.4, 0.5) is 11.5 Å². The van der Waals surface area contributed by atoms with Crippen molar-refractivity contribution in [3.8, 4) is 0 Å². The molecule has 0 amide bonds. The molecule has 1 aliphatic heterocycles. The van der Waals surface area contributed by atoms with Gasteiger partial charge in [0.25, 0.3) is 0 Å². The number of anilines is 1. The second-order valence-corrected chi connectivity index (χ2v) is 4.53. The average molecular weight is 263 g/mol. The number of hydrogen-bond acceptors (Lipinski definition) is 6. The molecule has 0 unspecified atom stereocenters. The van der Waals surface area contributed by atoms with Crippen molar-refractivity contribution in [2.45, 2.75) is 39.2 Å². The van der Waals surface area contributed by atoms with E-state index in [1.807, 2.05) is 0 Å². The molecule has 0 aliphatic carbocycles. The Labute approximate surface area is 113 Å². The van der Waals surface area contributed by atoms with E-state index in [4.69, 9.17) is 5.73 Å². The number of hydrogen-bond donors (Lipinski definition) is 2. The highest BCUT2D eigenvalue weighted by molar-refractivity contribution is 5.81. The maximum absolute atomic E-state index is 5.99. The molecular weight excluding hydrogens is 242 g/mol. The van der Waals surface area contributed by atoms with Gasteiger partial charge in [-0.15, -0.1) is 10.2 Å². The van der Waals surface area contributed by atoms with Crippen molar-refractivity contribution in [3.63, 3.8) is 0 Å². The van der Waals surface area contributed by atoms with Crippen molar-refractivity contribution in [1.29, 1.82) is 0 Å². The third-order valence-electron chi connectivity index (χ3n) is 2.99. The lowest BCUT2D eigenvalue weighted by Crippen LogP contribution is -2.15. The molecule has 3 N–H and O–H groups in total. The van der Waals surface area contributed by atoms with E-state index in [0.29, 0.717) is 17.5 Å². The highest BCUT2D eigenvalue weighted by Crippen LogP contribution is 2.22. The van der Waals surface area contributed by atoms with Gasteiger partial charge in [0.05, 0.1) is 12.7 Å². The number of aryl methyl sites for hydroxylation is 1. The van der Waals surface area contributed by atoms with Gasteiger partial charge < -0.3 is 11.1 Å². The number of aliphatic imine (C=N–C) groups is 1. The van der Waals surface area contributed by atoms with E-state index in [1.165, 1.54) is 19.3 Å². The van der Waals surface area contributed by atoms with Gasteiger partial charge in [-0.1, -0.05) is 26.2 Å². The largest absolute Gasteiger partial charge is 0.382 e. The topological polar surface area (TPSA) is 92.9 Å². The number of nitrogen functional groups attached to an aromatic ring is 1. The first-order valence-electron chi connectivity index (χ1n) is 6.82. The summed E-state index contributed by atoms with van der Waals surface area (Å²) in [5, 5.41) is 15.3. The Balaban J connectivity index is 1.90. The molecule has 1 aromatic rings. The van der Waals surface area contributed by atoms with Crippen molar-refractivity contribution in [2.75, 3.05) is 18.8 Å². The number of nitrogens with zero attached hydrogens (tertiary/aromatic N) is 5. The van der Waals surface area contributed by atoms with Gasteiger partial charge in [-0.25, -0.2) is 9.67 Å². The van der Waals surface area contributed by atoms with Crippen LogP contribution in [0.2, 0.25) is 0 Å². The summed E-state index contributed by atoms with van der Waals surface area (Å²) in [4.78, 5) is 4.13. The van der Waals surface area contributed by atoms with Crippen molar-refractivity contribution < 1.29 is 0 Å². The van der Waals surface area contributed by atoms with Gasteiger partial charge in [0, 0.05) is 13.1 Å². The SMILES string of the molecule is CCCCCCn1ncc(/N=N/C2=NCCN2)c1N. The van der Waals surface area contributed by atoms with E-state index in [2.05, 4.69) is 32.6 Å². The lowest BCUT2D eigenvalue weighted by Gasteiger charge is -2.03. The number of unbranched alkanes of at least 4 members (excludes halogenated alkanes) is 3. The zero-order valence-corrected chi connectivity index (χ0v) is 11.3. The molecule has 1 aliphatic rings. The molecule has 0 saturated heterocycles. The Bertz CT molecular complexity index is 461. The minimum Gasteiger partial charge on any atom is -0.382 e. The second-order valence-electron chi connectivity index (χ2n) is 4.53. The summed E-state index contributed by atoms with van der Waals surface area (Å²) in [6.45, 7) is 4.60. The number of nitrogens with one attached hydrogen (secondary N) is 1. The van der Waals surface area contributed by atoms with Crippen LogP contribution < -0.4 is 11.1 Å². The van der Waals surface area contributed by atoms with Crippen LogP contribution in [0.1, 0.15) is 32.6 Å². The van der Waals surface area contributed by atoms with Crippen molar-refractivity contribution >= 4 is 17.5 Å². The molecular formula is C12H21N7. The van der Waals surface area contributed by atoms with Crippen molar-refractivity contribution in [1.82, 2.24) is 15.1 Å². The summed E-state index contributed by atoms with van der Waals surface area (Å²) in [7, 11) is 0. The molecule has 0 aromatic carbocycles. The normalized spacial score (nSPS) is 14.9. The lowest BCUT2D eigenvalue weighted by atomic mass is 10.2. The third kappa shape index (κ3) is 3.77. The van der Waals surface area contributed by atoms with E-state index in [9.17, 15) is 0 Å². The van der Waals surface area contributed by atoms with E-state index in [0.717, 1.165) is 26.1 Å². The molecule has 7 heteroatoms. The van der Waals surface area contributed by atoms with E-state index in [1.54, 1.807) is 10.9 Å². The molecule has 0 spiro atoms. The van der Waals surface area contributed by atoms with Crippen LogP contribution in [-0.4, -0.2) is 28.8 Å². The van der Waals surface area contributed by atoms with Gasteiger partial charge in [0.15, 0.2) is 0 Å². The van der Waals surface area contributed by atoms with Gasteiger partial charge in [-0.2, -0.15) is 5.10 Å². The Hall–Kier alpha value is -1.92. The maximum atomic E-state index is 5.99. The fourth-order valence-electron chi connectivity index (χ4n) is 1.88. The summed E-state index contributed by atoms with van der Waals surface area (Å²) in [6.07, 6.45) is 6.41. The second kappa shape index (κ2) is 6.86. The molecule has 1 aromatic heterocycles. The molecule has 7 nitrogen and oxygen atoms in total. The third-order valence-corrected chi connectivity index (χ3v) is 2.99. The summed E-state index contributed by atoms with van der Waals surface area (Å²) >= 11 is 0. The minimum absolute atomic E-state index is 0.565. The van der Waals surface area contributed by atoms with Crippen LogP contribution in [-0.2, 0) is 6.54 Å². The van der Waals surface area contributed by atoms with Crippen LogP contribution in [0.3, 0.4) is 0 Å². The number of aromatic nitrogens is 2. The molecule has 2 rings (SSSR count). The smallest absolute Gasteiger partial charge is 0.238 e. The predicted molar refractivity (Wildman–Crippen MR) is 75.6 cm³/mol. The Morgan fingerprint density at radius 2 is 2.26 bits per heavy atom. The quantitative estimate of drug-likeness (QED) is 0.608. The summed E-state index contributed by atoms with van der Waals surface area (Å²) < 4.78 is 1.79. The highest BCUT2D eigenvalue weighted by Gasteiger charge is 2.07. The number of nitrogens with two attached hydrogens (primary N) is 1. The zero-order valence-electron chi connectivity index (χ0n) is 11.3. The Morgan fingerprint density at radius 1 is 1.37 bits per heavy atom. The standard InChI is InChI=1S/C12H21N7/c1-2-3-4-5-8-19-11(13)10(9-16-19)17-18-12-14-6-7-15-12/h9H,2-8,13H2,1H3,(H,14,15)/b18-17+. The van der Waals surface area contributed by atoms with Gasteiger partial charge >= 0.3 is 0 Å². The summed E-state index contributed by atoms with van der Waals surface area (Å²) in [5.74, 6) is 1.13. The first-order chi connectivity index (χ1) is 9.31. The summed E-state index contributed by atoms with van der Waals surface area (Å²) in [5.41, 5.74) is 6.59. The molecule has 0 saturated carbocycles. The lowest BCUT2D eigenvalue weighted by molar-refractivity contribution is 0.547. The molecule has 19 heavy (non-hydrogen) atoms. The molecule has 104 valence electrons. The van der Waals surface area contributed by atoms with Crippen LogP contribution in [0.15, 0.2) is 21.4 Å². The van der Waals surface area contributed by atoms with Crippen LogP contribution in [0.25, 0.3) is 0 Å². The number of guanidine groups is 1. The molecule has 2 heterocycles. The van der Waals surface area contributed by atoms with Gasteiger partial charge in [-0.05, 0) is 6.42 Å². The van der Waals surface area contributed by atoms with Crippen molar-refractivity contribution in [2.24, 2.45) is 15.2 Å². The number of rotatable bonds is 6. The molecule has 0 bridgehead atoms. The predicted octanol–water partition coefficient (Wildman–Crippen LogP) is 2.09. The van der Waals surface area contributed by atoms with E-state index >= 15 is 0 Å². The van der Waals surface area contributed by atoms with Gasteiger partial charge in [0.2, 0.25) is 5.96 Å². The van der Waals surface area contributed by atoms with Crippen LogP contribution in [0, 0.1) is 0 Å². The van der Waals surface area contributed by atoms with Crippen LogP contribution >= 0.6 is 0 Å². The molecule has 0 atom stereocenters. The fraction of sp³-hybridized carbons (Fsp3) is 0.667. The molecule has 0 fully saturated rings. The van der Waals surface area contributed by atoms with E-state index in [-0.39, 0.29) is 0 Å². The highest BCUT2D eigenvalue weighted by atomic mass is 15.3.